The summed E-state index contributed by atoms with van der Waals surface area (Å²) in [6.07, 6.45) is 5.69. The minimum absolute atomic E-state index is 0.0721. The lowest BCUT2D eigenvalue weighted by atomic mass is 10.1. The van der Waals surface area contributed by atoms with Crippen LogP contribution < -0.4 is 5.32 Å². The molecule has 2 amide bonds. The zero-order valence-corrected chi connectivity index (χ0v) is 15.3. The number of carbonyl (C=O) groups excluding carboxylic acids is 2. The zero-order chi connectivity index (χ0) is 18.7. The second kappa shape index (κ2) is 7.63. The molecule has 3 heterocycles. The minimum Gasteiger partial charge on any atom is -0.361 e. The van der Waals surface area contributed by atoms with E-state index in [-0.39, 0.29) is 17.9 Å². The van der Waals surface area contributed by atoms with Crippen molar-refractivity contribution in [3.63, 3.8) is 0 Å². The van der Waals surface area contributed by atoms with Crippen molar-refractivity contribution in [3.8, 4) is 0 Å². The summed E-state index contributed by atoms with van der Waals surface area (Å²) in [7, 11) is 0. The number of aromatic nitrogens is 3. The number of nitrogens with zero attached hydrogens (tertiary/aromatic N) is 4. The van der Waals surface area contributed by atoms with E-state index in [4.69, 9.17) is 4.52 Å². The molecule has 0 aliphatic carbocycles. The van der Waals surface area contributed by atoms with Crippen molar-refractivity contribution in [2.75, 3.05) is 6.54 Å². The van der Waals surface area contributed by atoms with Crippen LogP contribution in [0.1, 0.15) is 65.9 Å². The molecular formula is C18H23N5O3. The van der Waals surface area contributed by atoms with Crippen LogP contribution in [0.3, 0.4) is 0 Å². The highest BCUT2D eigenvalue weighted by molar-refractivity contribution is 5.96. The molecule has 0 saturated carbocycles. The predicted molar refractivity (Wildman–Crippen MR) is 93.2 cm³/mol. The van der Waals surface area contributed by atoms with Gasteiger partial charge in [-0.3, -0.25) is 19.6 Å². The van der Waals surface area contributed by atoms with Gasteiger partial charge in [0.05, 0.1) is 42.1 Å². The number of amides is 2. The average molecular weight is 357 g/mol. The summed E-state index contributed by atoms with van der Waals surface area (Å²) in [5.74, 6) is 0.352. The monoisotopic (exact) mass is 357 g/mol. The number of hydrogen-bond donors (Lipinski definition) is 1. The van der Waals surface area contributed by atoms with E-state index in [2.05, 4.69) is 20.4 Å². The van der Waals surface area contributed by atoms with E-state index in [1.807, 2.05) is 11.8 Å². The van der Waals surface area contributed by atoms with Crippen LogP contribution in [0, 0.1) is 6.92 Å². The standard InChI is InChI=1S/C18H23N5O3/c1-4-14-17(11(2)26-22-14)18(25)23-7-5-6-16(23)15-10-19-8-13(21-15)9-20-12(3)24/h8,10,16H,4-7,9H2,1-3H3,(H,20,24)/t16-/m0/s1. The normalized spacial score (nSPS) is 16.7. The number of rotatable bonds is 5. The maximum Gasteiger partial charge on any atom is 0.259 e. The highest BCUT2D eigenvalue weighted by Crippen LogP contribution is 2.33. The summed E-state index contributed by atoms with van der Waals surface area (Å²) >= 11 is 0. The lowest BCUT2D eigenvalue weighted by molar-refractivity contribution is -0.119. The number of nitrogens with one attached hydrogen (secondary N) is 1. The molecule has 3 rings (SSSR count). The molecule has 0 bridgehead atoms. The first-order chi connectivity index (χ1) is 12.5. The summed E-state index contributed by atoms with van der Waals surface area (Å²) in [5.41, 5.74) is 2.66. The third-order valence-electron chi connectivity index (χ3n) is 4.56. The van der Waals surface area contributed by atoms with Crippen molar-refractivity contribution in [1.29, 1.82) is 0 Å². The van der Waals surface area contributed by atoms with E-state index in [0.717, 1.165) is 18.5 Å². The van der Waals surface area contributed by atoms with Gasteiger partial charge in [-0.15, -0.1) is 0 Å². The van der Waals surface area contributed by atoms with Crippen LogP contribution in [0.25, 0.3) is 0 Å². The van der Waals surface area contributed by atoms with Crippen molar-refractivity contribution in [3.05, 3.63) is 40.8 Å². The Morgan fingerprint density at radius 1 is 1.38 bits per heavy atom. The quantitative estimate of drug-likeness (QED) is 0.878. The molecule has 1 fully saturated rings. The van der Waals surface area contributed by atoms with Gasteiger partial charge in [0.1, 0.15) is 11.3 Å². The fraction of sp³-hybridized carbons (Fsp3) is 0.500. The highest BCUT2D eigenvalue weighted by atomic mass is 16.5. The fourth-order valence-corrected chi connectivity index (χ4v) is 3.28. The molecular weight excluding hydrogens is 334 g/mol. The third-order valence-corrected chi connectivity index (χ3v) is 4.56. The summed E-state index contributed by atoms with van der Waals surface area (Å²) in [6, 6.07) is -0.133. The molecule has 8 nitrogen and oxygen atoms in total. The predicted octanol–water partition coefficient (Wildman–Crippen LogP) is 1.95. The van der Waals surface area contributed by atoms with Crippen molar-refractivity contribution in [1.82, 2.24) is 25.3 Å². The first-order valence-electron chi connectivity index (χ1n) is 8.82. The first-order valence-corrected chi connectivity index (χ1v) is 8.82. The Hall–Kier alpha value is -2.77. The fourth-order valence-electron chi connectivity index (χ4n) is 3.28. The van der Waals surface area contributed by atoms with Gasteiger partial charge in [-0.25, -0.2) is 0 Å². The maximum atomic E-state index is 13.1. The average Bonchev–Trinajstić information content (AvgIpc) is 3.26. The van der Waals surface area contributed by atoms with Crippen molar-refractivity contribution >= 4 is 11.8 Å². The van der Waals surface area contributed by atoms with E-state index in [1.165, 1.54) is 6.92 Å². The van der Waals surface area contributed by atoms with Gasteiger partial charge in [0.25, 0.3) is 5.91 Å². The molecule has 1 aliphatic rings. The molecule has 2 aromatic heterocycles. The molecule has 138 valence electrons. The second-order valence-electron chi connectivity index (χ2n) is 6.42. The SMILES string of the molecule is CCc1noc(C)c1C(=O)N1CCC[C@H]1c1cncc(CNC(C)=O)n1. The molecule has 8 heteroatoms. The topological polar surface area (TPSA) is 101 Å². The number of hydrogen-bond acceptors (Lipinski definition) is 6. The Kier molecular flexibility index (Phi) is 5.29. The largest absolute Gasteiger partial charge is 0.361 e. The Labute approximate surface area is 152 Å². The Morgan fingerprint density at radius 3 is 2.92 bits per heavy atom. The van der Waals surface area contributed by atoms with Gasteiger partial charge < -0.3 is 14.7 Å². The summed E-state index contributed by atoms with van der Waals surface area (Å²) in [5, 5.41) is 6.70. The molecule has 0 unspecified atom stereocenters. The summed E-state index contributed by atoms with van der Waals surface area (Å²) in [4.78, 5) is 34.9. The molecule has 2 aromatic rings. The van der Waals surface area contributed by atoms with Crippen LogP contribution in [0.2, 0.25) is 0 Å². The van der Waals surface area contributed by atoms with Crippen LogP contribution in [-0.4, -0.2) is 38.4 Å². The maximum absolute atomic E-state index is 13.1. The van der Waals surface area contributed by atoms with Gasteiger partial charge in [-0.1, -0.05) is 12.1 Å². The summed E-state index contributed by atoms with van der Waals surface area (Å²) in [6.45, 7) is 6.16. The van der Waals surface area contributed by atoms with Gasteiger partial charge in [-0.05, 0) is 26.2 Å². The van der Waals surface area contributed by atoms with E-state index >= 15 is 0 Å². The molecule has 0 radical (unpaired) electrons. The van der Waals surface area contributed by atoms with E-state index in [0.29, 0.717) is 42.2 Å². The van der Waals surface area contributed by atoms with Crippen LogP contribution in [0.5, 0.6) is 0 Å². The lowest BCUT2D eigenvalue weighted by Gasteiger charge is -2.24. The second-order valence-corrected chi connectivity index (χ2v) is 6.42. The van der Waals surface area contributed by atoms with Gasteiger partial charge in [0.15, 0.2) is 0 Å². The van der Waals surface area contributed by atoms with Crippen LogP contribution in [-0.2, 0) is 17.8 Å². The minimum atomic E-state index is -0.133. The molecule has 1 aliphatic heterocycles. The highest BCUT2D eigenvalue weighted by Gasteiger charge is 2.34. The Morgan fingerprint density at radius 2 is 2.19 bits per heavy atom. The smallest absolute Gasteiger partial charge is 0.259 e. The number of likely N-dealkylation sites (tertiary alicyclic amines) is 1. The molecule has 1 saturated heterocycles. The molecule has 1 N–H and O–H groups in total. The molecule has 1 atom stereocenters. The van der Waals surface area contributed by atoms with Crippen molar-refractivity contribution in [2.24, 2.45) is 0 Å². The van der Waals surface area contributed by atoms with Gasteiger partial charge >= 0.3 is 0 Å². The third kappa shape index (κ3) is 3.58. The van der Waals surface area contributed by atoms with Crippen molar-refractivity contribution < 1.29 is 14.1 Å². The molecule has 26 heavy (non-hydrogen) atoms. The lowest BCUT2D eigenvalue weighted by Crippen LogP contribution is -2.32. The Bertz CT molecular complexity index is 817. The Balaban J connectivity index is 1.84. The van der Waals surface area contributed by atoms with Crippen LogP contribution >= 0.6 is 0 Å². The molecule has 0 aromatic carbocycles. The van der Waals surface area contributed by atoms with Gasteiger partial charge in [0.2, 0.25) is 5.91 Å². The number of carbonyl (C=O) groups is 2. The first kappa shape index (κ1) is 18.0. The summed E-state index contributed by atoms with van der Waals surface area (Å²) < 4.78 is 5.22. The van der Waals surface area contributed by atoms with Crippen molar-refractivity contribution in [2.45, 2.75) is 52.6 Å². The number of aryl methyl sites for hydroxylation is 2. The zero-order valence-electron chi connectivity index (χ0n) is 15.3. The van der Waals surface area contributed by atoms with E-state index in [1.54, 1.807) is 19.3 Å². The van der Waals surface area contributed by atoms with Crippen LogP contribution in [0.15, 0.2) is 16.9 Å². The molecule has 0 spiro atoms. The van der Waals surface area contributed by atoms with E-state index < -0.39 is 0 Å². The van der Waals surface area contributed by atoms with Crippen LogP contribution in [0.4, 0.5) is 0 Å². The van der Waals surface area contributed by atoms with E-state index in [9.17, 15) is 9.59 Å². The van der Waals surface area contributed by atoms with Gasteiger partial charge in [0, 0.05) is 13.5 Å². The van der Waals surface area contributed by atoms with Gasteiger partial charge in [-0.2, -0.15) is 0 Å².